The number of sulfonamides is 1. The lowest BCUT2D eigenvalue weighted by Crippen LogP contribution is -2.52. The van der Waals surface area contributed by atoms with Crippen molar-refractivity contribution in [1.29, 1.82) is 0 Å². The van der Waals surface area contributed by atoms with Gasteiger partial charge >= 0.3 is 0 Å². The van der Waals surface area contributed by atoms with Crippen molar-refractivity contribution in [2.45, 2.75) is 72.0 Å². The first-order chi connectivity index (χ1) is 16.7. The molecule has 0 aliphatic rings. The average molecular weight is 536 g/mol. The minimum Gasteiger partial charge on any atom is -0.350 e. The number of nitrogens with zero attached hydrogens (tertiary/aromatic N) is 2. The van der Waals surface area contributed by atoms with Gasteiger partial charge in [0.15, 0.2) is 0 Å². The van der Waals surface area contributed by atoms with E-state index in [1.54, 1.807) is 31.2 Å². The molecule has 1 N–H and O–H groups in total. The number of hydrogen-bond donors (Lipinski definition) is 1. The summed E-state index contributed by atoms with van der Waals surface area (Å²) in [6.07, 6.45) is 2.39. The monoisotopic (exact) mass is 535 g/mol. The molecule has 0 saturated heterocycles. The number of anilines is 1. The quantitative estimate of drug-likeness (QED) is 0.448. The molecular weight excluding hydrogens is 498 g/mol. The molecule has 0 aliphatic heterocycles. The van der Waals surface area contributed by atoms with Crippen molar-refractivity contribution in [2.75, 3.05) is 17.1 Å². The summed E-state index contributed by atoms with van der Waals surface area (Å²) in [6.45, 7) is 9.68. The molecule has 0 fully saturated rings. The van der Waals surface area contributed by atoms with Gasteiger partial charge in [-0.2, -0.15) is 0 Å². The molecule has 1 atom stereocenters. The highest BCUT2D eigenvalue weighted by molar-refractivity contribution is 7.92. The number of rotatable bonds is 11. The summed E-state index contributed by atoms with van der Waals surface area (Å²) in [5.74, 6) is -0.516. The van der Waals surface area contributed by atoms with Crippen LogP contribution in [-0.4, -0.2) is 49.5 Å². The highest BCUT2D eigenvalue weighted by atomic mass is 35.5. The van der Waals surface area contributed by atoms with Crippen molar-refractivity contribution in [3.8, 4) is 0 Å². The minimum absolute atomic E-state index is 0.0800. The van der Waals surface area contributed by atoms with Crippen LogP contribution in [0.4, 0.5) is 5.69 Å². The largest absolute Gasteiger partial charge is 0.350 e. The van der Waals surface area contributed by atoms with Crippen LogP contribution in [0, 0.1) is 0 Å². The zero-order valence-electron chi connectivity index (χ0n) is 22.0. The molecule has 0 unspecified atom stereocenters. The van der Waals surface area contributed by atoms with Gasteiger partial charge in [0.1, 0.15) is 6.04 Å². The summed E-state index contributed by atoms with van der Waals surface area (Å²) in [4.78, 5) is 27.8. The maximum Gasteiger partial charge on any atom is 0.242 e. The molecule has 198 valence electrons. The molecule has 2 rings (SSSR count). The second kappa shape index (κ2) is 12.6. The number of hydrogen-bond acceptors (Lipinski definition) is 4. The molecule has 0 aliphatic carbocycles. The Labute approximate surface area is 220 Å². The van der Waals surface area contributed by atoms with Gasteiger partial charge in [0.05, 0.1) is 11.9 Å². The highest BCUT2D eigenvalue weighted by Crippen LogP contribution is 2.22. The van der Waals surface area contributed by atoms with Crippen LogP contribution in [0.15, 0.2) is 48.5 Å². The van der Waals surface area contributed by atoms with Gasteiger partial charge in [-0.05, 0) is 69.9 Å². The van der Waals surface area contributed by atoms with Crippen molar-refractivity contribution in [3.05, 3.63) is 64.7 Å². The van der Waals surface area contributed by atoms with Crippen LogP contribution in [-0.2, 0) is 32.6 Å². The lowest BCUT2D eigenvalue weighted by atomic mass is 10.1. The second-order valence-electron chi connectivity index (χ2n) is 9.99. The average Bonchev–Trinajstić information content (AvgIpc) is 2.79. The molecule has 0 heterocycles. The maximum atomic E-state index is 13.4. The third kappa shape index (κ3) is 8.82. The van der Waals surface area contributed by atoms with E-state index in [4.69, 9.17) is 11.6 Å². The number of benzene rings is 2. The predicted molar refractivity (Wildman–Crippen MR) is 147 cm³/mol. The number of aryl methyl sites for hydroxylation is 1. The summed E-state index contributed by atoms with van der Waals surface area (Å²) in [5.41, 5.74) is 1.96. The predicted octanol–water partition coefficient (Wildman–Crippen LogP) is 4.78. The number of nitrogens with one attached hydrogen (secondary N) is 1. The van der Waals surface area contributed by atoms with Crippen molar-refractivity contribution >= 4 is 39.1 Å². The van der Waals surface area contributed by atoms with E-state index in [2.05, 4.69) is 5.32 Å². The molecule has 2 aromatic rings. The van der Waals surface area contributed by atoms with Crippen LogP contribution in [0.25, 0.3) is 0 Å². The van der Waals surface area contributed by atoms with E-state index in [0.717, 1.165) is 23.8 Å². The Morgan fingerprint density at radius 2 is 1.67 bits per heavy atom. The van der Waals surface area contributed by atoms with Gasteiger partial charge in [0.25, 0.3) is 0 Å². The lowest BCUT2D eigenvalue weighted by Gasteiger charge is -2.32. The summed E-state index contributed by atoms with van der Waals surface area (Å²) in [6, 6.07) is 13.8. The van der Waals surface area contributed by atoms with Gasteiger partial charge in [-0.3, -0.25) is 13.9 Å². The Kier molecular flexibility index (Phi) is 10.4. The van der Waals surface area contributed by atoms with Gasteiger partial charge in [0, 0.05) is 30.1 Å². The van der Waals surface area contributed by atoms with E-state index in [9.17, 15) is 18.0 Å². The van der Waals surface area contributed by atoms with E-state index >= 15 is 0 Å². The van der Waals surface area contributed by atoms with Crippen molar-refractivity contribution in [2.24, 2.45) is 0 Å². The Hall–Kier alpha value is -2.58. The molecule has 2 amide bonds. The van der Waals surface area contributed by atoms with E-state index in [-0.39, 0.29) is 31.3 Å². The Bertz CT molecular complexity index is 1140. The smallest absolute Gasteiger partial charge is 0.242 e. The summed E-state index contributed by atoms with van der Waals surface area (Å²) in [7, 11) is -3.53. The SMILES string of the molecule is CCc1ccc(N(CCCC(=O)N(Cc2ccccc2Cl)[C@@H](C)C(=O)NC(C)(C)C)S(C)(=O)=O)cc1. The van der Waals surface area contributed by atoms with Crippen LogP contribution in [0.1, 0.15) is 58.6 Å². The first-order valence-corrected chi connectivity index (χ1v) is 14.4. The zero-order valence-corrected chi connectivity index (χ0v) is 23.6. The third-order valence-electron chi connectivity index (χ3n) is 5.75. The van der Waals surface area contributed by atoms with Crippen LogP contribution in [0.5, 0.6) is 0 Å². The van der Waals surface area contributed by atoms with Crippen LogP contribution in [0.3, 0.4) is 0 Å². The minimum atomic E-state index is -3.53. The highest BCUT2D eigenvalue weighted by Gasteiger charge is 2.29. The number of amides is 2. The molecule has 0 radical (unpaired) electrons. The van der Waals surface area contributed by atoms with Crippen LogP contribution >= 0.6 is 11.6 Å². The van der Waals surface area contributed by atoms with Gasteiger partial charge < -0.3 is 10.2 Å². The first-order valence-electron chi connectivity index (χ1n) is 12.1. The van der Waals surface area contributed by atoms with Crippen molar-refractivity contribution < 1.29 is 18.0 Å². The Morgan fingerprint density at radius 3 is 2.19 bits per heavy atom. The van der Waals surface area contributed by atoms with Crippen LogP contribution in [0.2, 0.25) is 5.02 Å². The summed E-state index contributed by atoms with van der Waals surface area (Å²) >= 11 is 6.34. The topological polar surface area (TPSA) is 86.8 Å². The van der Waals surface area contributed by atoms with Crippen molar-refractivity contribution in [1.82, 2.24) is 10.2 Å². The molecule has 2 aromatic carbocycles. The number of carbonyl (C=O) groups excluding carboxylic acids is 2. The van der Waals surface area contributed by atoms with Gasteiger partial charge in [-0.15, -0.1) is 0 Å². The molecule has 7 nitrogen and oxygen atoms in total. The number of carbonyl (C=O) groups is 2. The van der Waals surface area contributed by atoms with Gasteiger partial charge in [-0.1, -0.05) is 48.9 Å². The molecule has 36 heavy (non-hydrogen) atoms. The zero-order chi connectivity index (χ0) is 27.1. The molecule has 0 spiro atoms. The van der Waals surface area contributed by atoms with Crippen molar-refractivity contribution in [3.63, 3.8) is 0 Å². The maximum absolute atomic E-state index is 13.4. The normalized spacial score (nSPS) is 12.6. The van der Waals surface area contributed by atoms with E-state index in [0.29, 0.717) is 17.1 Å². The second-order valence-corrected chi connectivity index (χ2v) is 12.3. The van der Waals surface area contributed by atoms with E-state index in [1.165, 1.54) is 9.21 Å². The van der Waals surface area contributed by atoms with E-state index < -0.39 is 21.6 Å². The lowest BCUT2D eigenvalue weighted by molar-refractivity contribution is -0.141. The van der Waals surface area contributed by atoms with Crippen LogP contribution < -0.4 is 9.62 Å². The molecular formula is C27H38ClN3O4S. The summed E-state index contributed by atoms with van der Waals surface area (Å²) in [5, 5.41) is 3.44. The fourth-order valence-electron chi connectivity index (χ4n) is 3.77. The molecule has 0 saturated carbocycles. The number of halogens is 1. The van der Waals surface area contributed by atoms with E-state index in [1.807, 2.05) is 52.0 Å². The fraction of sp³-hybridized carbons (Fsp3) is 0.481. The molecule has 9 heteroatoms. The molecule has 0 aromatic heterocycles. The van der Waals surface area contributed by atoms with Gasteiger partial charge in [0.2, 0.25) is 21.8 Å². The first kappa shape index (κ1) is 29.6. The Balaban J connectivity index is 2.19. The standard InChI is InChI=1S/C27H38ClN3O4S/c1-7-21-14-16-23(17-15-21)31(36(6,34)35)18-10-13-25(32)30(19-22-11-8-9-12-24(22)28)20(2)26(33)29-27(3,4)5/h8-9,11-12,14-17,20H,7,10,13,18-19H2,1-6H3,(H,29,33)/t20-/m0/s1. The van der Waals surface area contributed by atoms with Gasteiger partial charge in [-0.25, -0.2) is 8.42 Å². The summed E-state index contributed by atoms with van der Waals surface area (Å²) < 4.78 is 26.2. The third-order valence-corrected chi connectivity index (χ3v) is 7.31. The molecule has 0 bridgehead atoms. The Morgan fingerprint density at radius 1 is 1.06 bits per heavy atom. The fourth-order valence-corrected chi connectivity index (χ4v) is 4.93.